The van der Waals surface area contributed by atoms with E-state index >= 15 is 0 Å². The number of nitrogens with one attached hydrogen (secondary N) is 1. The van der Waals surface area contributed by atoms with E-state index < -0.39 is 32.8 Å². The van der Waals surface area contributed by atoms with Crippen LogP contribution in [0, 0.1) is 10.1 Å². The first kappa shape index (κ1) is 19.4. The number of carbonyl (C=O) groups excluding carboxylic acids is 1. The van der Waals surface area contributed by atoms with Crippen molar-refractivity contribution in [2.45, 2.75) is 36.6 Å². The molecule has 1 amide bonds. The van der Waals surface area contributed by atoms with Gasteiger partial charge in [-0.3, -0.25) is 14.3 Å². The van der Waals surface area contributed by atoms with Crippen LogP contribution < -0.4 is 5.32 Å². The standard InChI is InChI=1S/C14H19ClN2O5S/c1-14(2,3)22-13(18)16-8-10(15)9-23(21)12-6-4-11(5-7-12)17(19)20/h4-7,10H,8-9H2,1-3H3,(H,16,18). The number of alkyl halides is 1. The van der Waals surface area contributed by atoms with Gasteiger partial charge in [-0.15, -0.1) is 11.6 Å². The Balaban J connectivity index is 2.47. The van der Waals surface area contributed by atoms with Crippen molar-refractivity contribution >= 4 is 34.2 Å². The van der Waals surface area contributed by atoms with Crippen molar-refractivity contribution < 1.29 is 18.7 Å². The molecule has 0 heterocycles. The van der Waals surface area contributed by atoms with Crippen LogP contribution in [0.2, 0.25) is 0 Å². The maximum Gasteiger partial charge on any atom is 0.407 e. The van der Waals surface area contributed by atoms with Crippen molar-refractivity contribution in [2.75, 3.05) is 12.3 Å². The molecular formula is C14H19ClN2O5S. The molecule has 0 bridgehead atoms. The van der Waals surface area contributed by atoms with Gasteiger partial charge in [0.15, 0.2) is 0 Å². The van der Waals surface area contributed by atoms with E-state index in [9.17, 15) is 19.1 Å². The molecule has 2 atom stereocenters. The number of nitrogens with zero attached hydrogens (tertiary/aromatic N) is 1. The molecule has 0 saturated carbocycles. The number of alkyl carbamates (subject to hydrolysis) is 1. The minimum absolute atomic E-state index is 0.0697. The number of hydrogen-bond donors (Lipinski definition) is 1. The SMILES string of the molecule is CC(C)(C)OC(=O)NCC(Cl)CS(=O)c1ccc([N+](=O)[O-])cc1. The highest BCUT2D eigenvalue weighted by molar-refractivity contribution is 7.85. The number of non-ortho nitro benzene ring substituents is 1. The van der Waals surface area contributed by atoms with Gasteiger partial charge >= 0.3 is 6.09 Å². The van der Waals surface area contributed by atoms with E-state index in [2.05, 4.69) is 5.32 Å². The lowest BCUT2D eigenvalue weighted by molar-refractivity contribution is -0.384. The molecule has 0 saturated heterocycles. The second kappa shape index (κ2) is 8.26. The van der Waals surface area contributed by atoms with E-state index in [4.69, 9.17) is 16.3 Å². The minimum Gasteiger partial charge on any atom is -0.444 e. The normalized spacial score (nSPS) is 13.9. The first-order valence-corrected chi connectivity index (χ1v) is 8.58. The zero-order valence-electron chi connectivity index (χ0n) is 13.1. The van der Waals surface area contributed by atoms with Crippen LogP contribution in [0.5, 0.6) is 0 Å². The maximum atomic E-state index is 12.1. The molecule has 0 spiro atoms. The molecule has 1 N–H and O–H groups in total. The largest absolute Gasteiger partial charge is 0.444 e. The van der Waals surface area contributed by atoms with Crippen molar-refractivity contribution in [3.05, 3.63) is 34.4 Å². The molecular weight excluding hydrogens is 344 g/mol. The number of ether oxygens (including phenoxy) is 1. The Bertz CT molecular complexity index is 586. The molecule has 0 aliphatic rings. The fourth-order valence-corrected chi connectivity index (χ4v) is 3.05. The molecule has 9 heteroatoms. The number of amides is 1. The van der Waals surface area contributed by atoms with Gasteiger partial charge in [0.1, 0.15) is 5.60 Å². The molecule has 1 aromatic rings. The lowest BCUT2D eigenvalue weighted by Gasteiger charge is -2.20. The number of rotatable bonds is 6. The fourth-order valence-electron chi connectivity index (χ4n) is 1.55. The van der Waals surface area contributed by atoms with Crippen molar-refractivity contribution in [3.8, 4) is 0 Å². The molecule has 0 aliphatic carbocycles. The Hall–Kier alpha value is -1.67. The zero-order valence-corrected chi connectivity index (χ0v) is 14.6. The number of halogens is 1. The monoisotopic (exact) mass is 362 g/mol. The first-order valence-electron chi connectivity index (χ1n) is 6.82. The van der Waals surface area contributed by atoms with Gasteiger partial charge in [-0.1, -0.05) is 0 Å². The molecule has 23 heavy (non-hydrogen) atoms. The summed E-state index contributed by atoms with van der Waals surface area (Å²) in [5.74, 6) is 0.106. The number of nitro benzene ring substituents is 1. The van der Waals surface area contributed by atoms with Gasteiger partial charge < -0.3 is 10.1 Å². The lowest BCUT2D eigenvalue weighted by Crippen LogP contribution is -2.36. The molecule has 7 nitrogen and oxygen atoms in total. The Morgan fingerprint density at radius 1 is 1.39 bits per heavy atom. The van der Waals surface area contributed by atoms with E-state index in [1.807, 2.05) is 0 Å². The summed E-state index contributed by atoms with van der Waals surface area (Å²) in [5, 5.41) is 12.5. The van der Waals surface area contributed by atoms with Crippen molar-refractivity contribution in [1.29, 1.82) is 0 Å². The van der Waals surface area contributed by atoms with Gasteiger partial charge in [-0.25, -0.2) is 4.79 Å². The second-order valence-corrected chi connectivity index (χ2v) is 7.86. The van der Waals surface area contributed by atoms with Crippen molar-refractivity contribution in [2.24, 2.45) is 0 Å². The molecule has 128 valence electrons. The third-order valence-electron chi connectivity index (χ3n) is 2.51. The Morgan fingerprint density at radius 3 is 2.43 bits per heavy atom. The van der Waals surface area contributed by atoms with E-state index in [1.165, 1.54) is 24.3 Å². The van der Waals surface area contributed by atoms with Crippen LogP contribution >= 0.6 is 11.6 Å². The van der Waals surface area contributed by atoms with Crippen molar-refractivity contribution in [3.63, 3.8) is 0 Å². The summed E-state index contributed by atoms with van der Waals surface area (Å²) >= 11 is 6.05. The van der Waals surface area contributed by atoms with Crippen LogP contribution in [-0.4, -0.2) is 38.5 Å². The van der Waals surface area contributed by atoms with Gasteiger partial charge in [-0.2, -0.15) is 0 Å². The van der Waals surface area contributed by atoms with E-state index in [0.717, 1.165) is 0 Å². The summed E-state index contributed by atoms with van der Waals surface area (Å²) in [5.41, 5.74) is -0.673. The van der Waals surface area contributed by atoms with E-state index in [-0.39, 0.29) is 18.0 Å². The number of benzene rings is 1. The van der Waals surface area contributed by atoms with Gasteiger partial charge in [0.25, 0.3) is 5.69 Å². The van der Waals surface area contributed by atoms with Crippen LogP contribution in [-0.2, 0) is 15.5 Å². The minimum atomic E-state index is -1.42. The topological polar surface area (TPSA) is 98.5 Å². The molecule has 2 unspecified atom stereocenters. The van der Waals surface area contributed by atoms with Gasteiger partial charge in [0.05, 0.1) is 21.1 Å². The van der Waals surface area contributed by atoms with Crippen LogP contribution in [0.15, 0.2) is 29.2 Å². The van der Waals surface area contributed by atoms with E-state index in [0.29, 0.717) is 4.90 Å². The molecule has 0 radical (unpaired) electrons. The predicted octanol–water partition coefficient (Wildman–Crippen LogP) is 2.83. The Morgan fingerprint density at radius 2 is 1.96 bits per heavy atom. The third kappa shape index (κ3) is 7.43. The Labute approximate surface area is 142 Å². The molecule has 0 aromatic heterocycles. The zero-order chi connectivity index (χ0) is 17.6. The van der Waals surface area contributed by atoms with Crippen LogP contribution in [0.3, 0.4) is 0 Å². The number of nitro groups is 1. The second-order valence-electron chi connectivity index (χ2n) is 5.74. The summed E-state index contributed by atoms with van der Waals surface area (Å²) in [7, 11) is -1.42. The lowest BCUT2D eigenvalue weighted by atomic mass is 10.2. The summed E-state index contributed by atoms with van der Waals surface area (Å²) in [4.78, 5) is 22.0. The van der Waals surface area contributed by atoms with Crippen LogP contribution in [0.25, 0.3) is 0 Å². The Kier molecular flexibility index (Phi) is 6.96. The van der Waals surface area contributed by atoms with Gasteiger partial charge in [-0.05, 0) is 32.9 Å². The quantitative estimate of drug-likeness (QED) is 0.476. The molecule has 0 aliphatic heterocycles. The fraction of sp³-hybridized carbons (Fsp3) is 0.500. The summed E-state index contributed by atoms with van der Waals surface area (Å²) in [6.07, 6.45) is -0.593. The summed E-state index contributed by atoms with van der Waals surface area (Å²) in [6.45, 7) is 5.34. The van der Waals surface area contributed by atoms with Crippen LogP contribution in [0.1, 0.15) is 20.8 Å². The maximum absolute atomic E-state index is 12.1. The third-order valence-corrected chi connectivity index (χ3v) is 4.50. The highest BCUT2D eigenvalue weighted by Gasteiger charge is 2.18. The summed E-state index contributed by atoms with van der Waals surface area (Å²) < 4.78 is 17.2. The van der Waals surface area contributed by atoms with Gasteiger partial charge in [0.2, 0.25) is 0 Å². The highest BCUT2D eigenvalue weighted by Crippen LogP contribution is 2.16. The summed E-state index contributed by atoms with van der Waals surface area (Å²) in [6, 6.07) is 5.43. The van der Waals surface area contributed by atoms with E-state index in [1.54, 1.807) is 20.8 Å². The molecule has 1 aromatic carbocycles. The molecule has 0 fully saturated rings. The molecule has 1 rings (SSSR count). The smallest absolute Gasteiger partial charge is 0.407 e. The average Bonchev–Trinajstić information content (AvgIpc) is 2.43. The first-order chi connectivity index (χ1) is 10.6. The highest BCUT2D eigenvalue weighted by atomic mass is 35.5. The average molecular weight is 363 g/mol. The van der Waals surface area contributed by atoms with Crippen LogP contribution in [0.4, 0.5) is 10.5 Å². The predicted molar refractivity (Wildman–Crippen MR) is 88.2 cm³/mol. The van der Waals surface area contributed by atoms with Gasteiger partial charge in [0, 0.05) is 29.3 Å². The number of carbonyl (C=O) groups is 1. The number of hydrogen-bond acceptors (Lipinski definition) is 5. The van der Waals surface area contributed by atoms with Crippen molar-refractivity contribution in [1.82, 2.24) is 5.32 Å².